The molecule has 2 amide bonds. The Labute approximate surface area is 112 Å². The van der Waals surface area contributed by atoms with E-state index in [1.807, 2.05) is 0 Å². The van der Waals surface area contributed by atoms with Crippen LogP contribution in [0.2, 0.25) is 0 Å². The number of imide groups is 1. The lowest BCUT2D eigenvalue weighted by Crippen LogP contribution is -2.37. The second kappa shape index (κ2) is 5.33. The van der Waals surface area contributed by atoms with Crippen molar-refractivity contribution in [3.8, 4) is 5.75 Å². The minimum atomic E-state index is -0.540. The fraction of sp³-hybridized carbons (Fsp3) is 0.250. The van der Waals surface area contributed by atoms with Crippen molar-refractivity contribution < 1.29 is 19.8 Å². The van der Waals surface area contributed by atoms with Gasteiger partial charge in [0.2, 0.25) is 5.91 Å². The molecule has 1 heterocycles. The van der Waals surface area contributed by atoms with E-state index in [0.717, 1.165) is 16.2 Å². The smallest absolute Gasteiger partial charge is 0.289 e. The average molecular weight is 280 g/mol. The van der Waals surface area contributed by atoms with Crippen molar-refractivity contribution in [3.05, 3.63) is 23.2 Å². The second-order valence-electron chi connectivity index (χ2n) is 3.87. The molecule has 0 bridgehead atoms. The van der Waals surface area contributed by atoms with Crippen molar-refractivity contribution in [1.29, 1.82) is 0 Å². The molecule has 0 aliphatic heterocycles. The predicted octanol–water partition coefficient (Wildman–Crippen LogP) is 0.983. The zero-order chi connectivity index (χ0) is 14.0. The fourth-order valence-corrected chi connectivity index (χ4v) is 2.57. The number of carbonyl (C=O) groups is 2. The van der Waals surface area contributed by atoms with Crippen molar-refractivity contribution in [2.45, 2.75) is 6.92 Å². The van der Waals surface area contributed by atoms with Gasteiger partial charge in [-0.15, -0.1) is 11.3 Å². The normalized spacial score (nSPS) is 10.6. The number of amides is 2. The molecule has 0 aliphatic rings. The molecule has 6 nitrogen and oxygen atoms in total. The van der Waals surface area contributed by atoms with Crippen molar-refractivity contribution >= 4 is 33.4 Å². The lowest BCUT2D eigenvalue weighted by molar-refractivity contribution is -0.126. The number of nitrogens with zero attached hydrogens (tertiary/aromatic N) is 2. The van der Waals surface area contributed by atoms with E-state index in [4.69, 9.17) is 5.11 Å². The number of benzene rings is 1. The third-order valence-corrected chi connectivity index (χ3v) is 3.51. The summed E-state index contributed by atoms with van der Waals surface area (Å²) in [5.41, 5.74) is 0.582. The summed E-state index contributed by atoms with van der Waals surface area (Å²) in [6.45, 7) is 0.902. The Morgan fingerprint density at radius 1 is 1.42 bits per heavy atom. The number of hydrogen-bond acceptors (Lipinski definition) is 6. The van der Waals surface area contributed by atoms with Gasteiger partial charge in [0.15, 0.2) is 5.01 Å². The lowest BCUT2D eigenvalue weighted by atomic mass is 10.3. The molecule has 0 saturated carbocycles. The van der Waals surface area contributed by atoms with Gasteiger partial charge in [-0.3, -0.25) is 14.5 Å². The van der Waals surface area contributed by atoms with Crippen LogP contribution >= 0.6 is 11.3 Å². The lowest BCUT2D eigenvalue weighted by Gasteiger charge is -2.15. The number of hydrogen-bond donors (Lipinski definition) is 2. The third kappa shape index (κ3) is 2.72. The van der Waals surface area contributed by atoms with Gasteiger partial charge < -0.3 is 10.2 Å². The van der Waals surface area contributed by atoms with E-state index in [-0.39, 0.29) is 23.9 Å². The van der Waals surface area contributed by atoms with E-state index in [9.17, 15) is 14.7 Å². The predicted molar refractivity (Wildman–Crippen MR) is 70.1 cm³/mol. The van der Waals surface area contributed by atoms with Crippen LogP contribution in [0.3, 0.4) is 0 Å². The molecule has 1 aromatic carbocycles. The van der Waals surface area contributed by atoms with Gasteiger partial charge in [0.25, 0.3) is 5.91 Å². The van der Waals surface area contributed by atoms with Crippen molar-refractivity contribution in [2.24, 2.45) is 0 Å². The quantitative estimate of drug-likeness (QED) is 0.874. The number of aliphatic hydroxyl groups is 1. The van der Waals surface area contributed by atoms with E-state index < -0.39 is 11.8 Å². The number of phenols is 1. The molecule has 100 valence electrons. The van der Waals surface area contributed by atoms with Gasteiger partial charge in [0.1, 0.15) is 5.75 Å². The summed E-state index contributed by atoms with van der Waals surface area (Å²) in [6.07, 6.45) is 0. The van der Waals surface area contributed by atoms with Crippen LogP contribution in [0.25, 0.3) is 10.2 Å². The van der Waals surface area contributed by atoms with Crippen LogP contribution < -0.4 is 0 Å². The number of carbonyl (C=O) groups excluding carboxylic acids is 2. The molecule has 0 spiro atoms. The molecule has 0 saturated heterocycles. The highest BCUT2D eigenvalue weighted by atomic mass is 32.1. The van der Waals surface area contributed by atoms with Crippen LogP contribution in [-0.4, -0.2) is 45.1 Å². The van der Waals surface area contributed by atoms with Crippen LogP contribution in [0.1, 0.15) is 16.7 Å². The van der Waals surface area contributed by atoms with E-state index in [1.54, 1.807) is 6.07 Å². The molecule has 2 N–H and O–H groups in total. The minimum absolute atomic E-state index is 0.0602. The highest BCUT2D eigenvalue weighted by molar-refractivity contribution is 7.20. The minimum Gasteiger partial charge on any atom is -0.508 e. The number of aliphatic hydroxyl groups excluding tert-OH is 1. The van der Waals surface area contributed by atoms with E-state index in [0.29, 0.717) is 10.2 Å². The van der Waals surface area contributed by atoms with E-state index >= 15 is 0 Å². The Balaban J connectivity index is 2.37. The van der Waals surface area contributed by atoms with Gasteiger partial charge >= 0.3 is 0 Å². The van der Waals surface area contributed by atoms with Gasteiger partial charge in [0, 0.05) is 6.92 Å². The van der Waals surface area contributed by atoms with Crippen LogP contribution in [0, 0.1) is 0 Å². The molecular formula is C12H12N2O4S. The monoisotopic (exact) mass is 280 g/mol. The molecule has 0 fully saturated rings. The summed E-state index contributed by atoms with van der Waals surface area (Å²) in [5, 5.41) is 18.4. The zero-order valence-corrected chi connectivity index (χ0v) is 11.0. The Morgan fingerprint density at radius 3 is 2.79 bits per heavy atom. The maximum absolute atomic E-state index is 12.1. The molecule has 2 aromatic rings. The van der Waals surface area contributed by atoms with Crippen molar-refractivity contribution in [2.75, 3.05) is 13.2 Å². The van der Waals surface area contributed by atoms with Crippen molar-refractivity contribution in [3.63, 3.8) is 0 Å². The molecule has 2 rings (SSSR count). The van der Waals surface area contributed by atoms with Crippen LogP contribution in [0.5, 0.6) is 5.75 Å². The maximum Gasteiger partial charge on any atom is 0.289 e. The largest absolute Gasteiger partial charge is 0.508 e. The zero-order valence-electron chi connectivity index (χ0n) is 10.2. The Kier molecular flexibility index (Phi) is 3.77. The van der Waals surface area contributed by atoms with Gasteiger partial charge in [-0.05, 0) is 18.2 Å². The average Bonchev–Trinajstić information content (AvgIpc) is 2.77. The van der Waals surface area contributed by atoms with Crippen molar-refractivity contribution in [1.82, 2.24) is 9.88 Å². The van der Waals surface area contributed by atoms with Gasteiger partial charge in [-0.25, -0.2) is 4.98 Å². The van der Waals surface area contributed by atoms with Crippen LogP contribution in [-0.2, 0) is 4.79 Å². The van der Waals surface area contributed by atoms with Crippen LogP contribution in [0.4, 0.5) is 0 Å². The molecule has 0 atom stereocenters. The summed E-state index contributed by atoms with van der Waals surface area (Å²) in [6, 6.07) is 4.59. The highest BCUT2D eigenvalue weighted by Gasteiger charge is 2.22. The highest BCUT2D eigenvalue weighted by Crippen LogP contribution is 2.26. The molecule has 0 unspecified atom stereocenters. The van der Waals surface area contributed by atoms with Gasteiger partial charge in [-0.2, -0.15) is 0 Å². The number of thiazole rings is 1. The molecule has 0 aliphatic carbocycles. The number of phenolic OH excluding ortho intramolecular Hbond substituents is 1. The topological polar surface area (TPSA) is 90.7 Å². The molecular weight excluding hydrogens is 268 g/mol. The Hall–Kier alpha value is -1.99. The summed E-state index contributed by atoms with van der Waals surface area (Å²) >= 11 is 1.09. The van der Waals surface area contributed by atoms with E-state index in [2.05, 4.69) is 4.98 Å². The maximum atomic E-state index is 12.1. The molecule has 0 radical (unpaired) electrons. The molecule has 1 aromatic heterocycles. The van der Waals surface area contributed by atoms with Gasteiger partial charge in [0.05, 0.1) is 23.4 Å². The summed E-state index contributed by atoms with van der Waals surface area (Å²) in [7, 11) is 0. The number of aromatic nitrogens is 1. The Morgan fingerprint density at radius 2 is 2.16 bits per heavy atom. The SMILES string of the molecule is CC(=O)N(CCO)C(=O)c1nc2ccc(O)cc2s1. The van der Waals surface area contributed by atoms with Crippen LogP contribution in [0.15, 0.2) is 18.2 Å². The molecule has 19 heavy (non-hydrogen) atoms. The van der Waals surface area contributed by atoms with E-state index in [1.165, 1.54) is 19.1 Å². The molecule has 7 heteroatoms. The summed E-state index contributed by atoms with van der Waals surface area (Å²) < 4.78 is 0.663. The number of fused-ring (bicyclic) bond motifs is 1. The first-order valence-corrected chi connectivity index (χ1v) is 6.37. The first-order valence-electron chi connectivity index (χ1n) is 5.56. The number of rotatable bonds is 3. The Bertz CT molecular complexity index is 638. The first-order chi connectivity index (χ1) is 9.02. The van der Waals surface area contributed by atoms with Gasteiger partial charge in [-0.1, -0.05) is 0 Å². The second-order valence-corrected chi connectivity index (χ2v) is 4.90. The third-order valence-electron chi connectivity index (χ3n) is 2.50. The standard InChI is InChI=1S/C12H12N2O4S/c1-7(16)14(4-5-15)12(18)11-13-9-3-2-8(17)6-10(9)19-11/h2-3,6,15,17H,4-5H2,1H3. The first kappa shape index (κ1) is 13.4. The summed E-state index contributed by atoms with van der Waals surface area (Å²) in [5.74, 6) is -0.891. The number of aromatic hydroxyl groups is 1. The summed E-state index contributed by atoms with van der Waals surface area (Å²) in [4.78, 5) is 28.5. The fourth-order valence-electron chi connectivity index (χ4n) is 1.62.